The lowest BCUT2D eigenvalue weighted by Crippen LogP contribution is -2.37. The van der Waals surface area contributed by atoms with Gasteiger partial charge in [-0.15, -0.1) is 0 Å². The van der Waals surface area contributed by atoms with Crippen LogP contribution in [0, 0.1) is 0 Å². The number of aliphatic hydroxyl groups is 1. The second kappa shape index (κ2) is 7.17. The van der Waals surface area contributed by atoms with Crippen molar-refractivity contribution >= 4 is 10.0 Å². The van der Waals surface area contributed by atoms with Gasteiger partial charge in [-0.25, -0.2) is 13.1 Å². The van der Waals surface area contributed by atoms with Crippen LogP contribution in [0.15, 0.2) is 0 Å². The zero-order chi connectivity index (χ0) is 11.0. The summed E-state index contributed by atoms with van der Waals surface area (Å²) >= 11 is 0. The fourth-order valence-electron chi connectivity index (χ4n) is 0.949. The average Bonchev–Trinajstić information content (AvgIpc) is 2.11. The molecule has 86 valence electrons. The number of sulfonamides is 1. The minimum absolute atomic E-state index is 0.0417. The molecule has 1 atom stereocenters. The van der Waals surface area contributed by atoms with Gasteiger partial charge < -0.3 is 9.84 Å². The molecule has 0 amide bonds. The third-order valence-electron chi connectivity index (χ3n) is 1.52. The number of ether oxygens (including phenoxy) is 1. The van der Waals surface area contributed by atoms with Crippen LogP contribution >= 0.6 is 0 Å². The smallest absolute Gasteiger partial charge is 0.212 e. The highest BCUT2D eigenvalue weighted by molar-refractivity contribution is 7.89. The number of rotatable bonds is 8. The summed E-state index contributed by atoms with van der Waals surface area (Å²) in [6.07, 6.45) is 0.261. The Hall–Kier alpha value is -0.170. The highest BCUT2D eigenvalue weighted by atomic mass is 32.2. The Kier molecular flexibility index (Phi) is 7.08. The molecule has 0 bridgehead atoms. The van der Waals surface area contributed by atoms with Gasteiger partial charge in [-0.05, 0) is 20.3 Å². The predicted molar refractivity (Wildman–Crippen MR) is 54.6 cm³/mol. The van der Waals surface area contributed by atoms with Crippen LogP contribution in [0.1, 0.15) is 20.3 Å². The number of hydrogen-bond acceptors (Lipinski definition) is 4. The lowest BCUT2D eigenvalue weighted by atomic mass is 10.4. The summed E-state index contributed by atoms with van der Waals surface area (Å²) < 4.78 is 30.1. The van der Waals surface area contributed by atoms with E-state index in [1.807, 2.05) is 6.92 Å². The topological polar surface area (TPSA) is 75.6 Å². The van der Waals surface area contributed by atoms with E-state index in [9.17, 15) is 8.42 Å². The van der Waals surface area contributed by atoms with E-state index in [0.717, 1.165) is 0 Å². The van der Waals surface area contributed by atoms with Gasteiger partial charge >= 0.3 is 0 Å². The molecule has 0 aromatic heterocycles. The molecule has 0 aliphatic rings. The van der Waals surface area contributed by atoms with Crippen molar-refractivity contribution in [3.63, 3.8) is 0 Å². The molecule has 2 N–H and O–H groups in total. The monoisotopic (exact) mass is 225 g/mol. The predicted octanol–water partition coefficient (Wildman–Crippen LogP) is -0.287. The van der Waals surface area contributed by atoms with Crippen molar-refractivity contribution in [2.75, 3.05) is 25.6 Å². The van der Waals surface area contributed by atoms with Crippen LogP contribution in [0.5, 0.6) is 0 Å². The van der Waals surface area contributed by atoms with Gasteiger partial charge in [0.05, 0.1) is 12.4 Å². The Morgan fingerprint density at radius 2 is 2.14 bits per heavy atom. The maximum Gasteiger partial charge on any atom is 0.212 e. The van der Waals surface area contributed by atoms with Gasteiger partial charge in [0.2, 0.25) is 10.0 Å². The van der Waals surface area contributed by atoms with E-state index in [1.54, 1.807) is 6.92 Å². The largest absolute Gasteiger partial charge is 0.396 e. The summed E-state index contributed by atoms with van der Waals surface area (Å²) in [5.74, 6) is -0.0417. The van der Waals surface area contributed by atoms with Crippen molar-refractivity contribution in [1.82, 2.24) is 4.72 Å². The highest BCUT2D eigenvalue weighted by Gasteiger charge is 2.13. The summed E-state index contributed by atoms with van der Waals surface area (Å²) in [5.41, 5.74) is 0. The van der Waals surface area contributed by atoms with Crippen LogP contribution in [0.2, 0.25) is 0 Å². The maximum atomic E-state index is 11.3. The standard InChI is InChI=1S/C8H19NO4S/c1-3-13-7-8(2)9-14(11,12)6-4-5-10/h8-10H,3-7H2,1-2H3. The van der Waals surface area contributed by atoms with E-state index in [2.05, 4.69) is 4.72 Å². The molecule has 0 saturated heterocycles. The van der Waals surface area contributed by atoms with E-state index < -0.39 is 10.0 Å². The quantitative estimate of drug-likeness (QED) is 0.595. The lowest BCUT2D eigenvalue weighted by molar-refractivity contribution is 0.133. The maximum absolute atomic E-state index is 11.3. The number of aliphatic hydroxyl groups excluding tert-OH is 1. The molecule has 5 nitrogen and oxygen atoms in total. The van der Waals surface area contributed by atoms with Crippen molar-refractivity contribution in [1.29, 1.82) is 0 Å². The molecule has 0 aliphatic carbocycles. The molecule has 1 unspecified atom stereocenters. The molecule has 0 saturated carbocycles. The summed E-state index contributed by atoms with van der Waals surface area (Å²) in [6, 6.07) is -0.223. The van der Waals surface area contributed by atoms with Gasteiger partial charge in [0, 0.05) is 19.3 Å². The van der Waals surface area contributed by atoms with E-state index in [0.29, 0.717) is 13.2 Å². The molecule has 0 aliphatic heterocycles. The molecular formula is C8H19NO4S. The van der Waals surface area contributed by atoms with Crippen molar-refractivity contribution in [3.05, 3.63) is 0 Å². The summed E-state index contributed by atoms with van der Waals surface area (Å²) in [7, 11) is -3.26. The van der Waals surface area contributed by atoms with Crippen molar-refractivity contribution in [3.8, 4) is 0 Å². The van der Waals surface area contributed by atoms with Crippen molar-refractivity contribution in [2.45, 2.75) is 26.3 Å². The highest BCUT2D eigenvalue weighted by Crippen LogP contribution is 1.93. The second-order valence-corrected chi connectivity index (χ2v) is 4.95. The fourth-order valence-corrected chi connectivity index (χ4v) is 2.26. The SMILES string of the molecule is CCOCC(C)NS(=O)(=O)CCCO. The minimum Gasteiger partial charge on any atom is -0.396 e. The Morgan fingerprint density at radius 3 is 2.64 bits per heavy atom. The Balaban J connectivity index is 3.83. The molecule has 0 rings (SSSR count). The lowest BCUT2D eigenvalue weighted by Gasteiger charge is -2.13. The van der Waals surface area contributed by atoms with Crippen LogP contribution in [0.3, 0.4) is 0 Å². The first-order valence-electron chi connectivity index (χ1n) is 4.70. The molecule has 14 heavy (non-hydrogen) atoms. The van der Waals surface area contributed by atoms with Gasteiger partial charge in [0.1, 0.15) is 0 Å². The molecule has 0 aromatic rings. The molecule has 0 spiro atoms. The van der Waals surface area contributed by atoms with Crippen LogP contribution in [0.4, 0.5) is 0 Å². The molecule has 0 radical (unpaired) electrons. The van der Waals surface area contributed by atoms with Crippen LogP contribution < -0.4 is 4.72 Å². The third-order valence-corrected chi connectivity index (χ3v) is 3.11. The van der Waals surface area contributed by atoms with Crippen molar-refractivity contribution in [2.24, 2.45) is 0 Å². The Labute approximate surface area is 85.5 Å². The van der Waals surface area contributed by atoms with Gasteiger partial charge in [0.15, 0.2) is 0 Å². The molecular weight excluding hydrogens is 206 g/mol. The van der Waals surface area contributed by atoms with Gasteiger partial charge in [-0.3, -0.25) is 0 Å². The first-order chi connectivity index (χ1) is 6.52. The number of hydrogen-bond donors (Lipinski definition) is 2. The van der Waals surface area contributed by atoms with E-state index in [-0.39, 0.29) is 24.8 Å². The van der Waals surface area contributed by atoms with Crippen molar-refractivity contribution < 1.29 is 18.3 Å². The van der Waals surface area contributed by atoms with E-state index in [4.69, 9.17) is 9.84 Å². The minimum atomic E-state index is -3.26. The van der Waals surface area contributed by atoms with Crippen LogP contribution in [-0.4, -0.2) is 45.1 Å². The first-order valence-corrected chi connectivity index (χ1v) is 6.35. The second-order valence-electron chi connectivity index (χ2n) is 3.07. The Bertz CT molecular complexity index is 227. The zero-order valence-electron chi connectivity index (χ0n) is 8.69. The third kappa shape index (κ3) is 7.25. The Morgan fingerprint density at radius 1 is 1.50 bits per heavy atom. The molecule has 6 heteroatoms. The van der Waals surface area contributed by atoms with Gasteiger partial charge in [-0.2, -0.15) is 0 Å². The van der Waals surface area contributed by atoms with E-state index >= 15 is 0 Å². The molecule has 0 heterocycles. The summed E-state index contributed by atoms with van der Waals surface area (Å²) in [5, 5.41) is 8.49. The fraction of sp³-hybridized carbons (Fsp3) is 1.00. The van der Waals surface area contributed by atoms with Gasteiger partial charge in [0.25, 0.3) is 0 Å². The summed E-state index contributed by atoms with van der Waals surface area (Å²) in [6.45, 7) is 4.43. The first kappa shape index (κ1) is 13.8. The normalized spacial score (nSPS) is 14.2. The van der Waals surface area contributed by atoms with E-state index in [1.165, 1.54) is 0 Å². The molecule has 0 fully saturated rings. The van der Waals surface area contributed by atoms with Gasteiger partial charge in [-0.1, -0.05) is 0 Å². The van der Waals surface area contributed by atoms with Crippen LogP contribution in [0.25, 0.3) is 0 Å². The zero-order valence-corrected chi connectivity index (χ0v) is 9.51. The van der Waals surface area contributed by atoms with Crippen LogP contribution in [-0.2, 0) is 14.8 Å². The molecule has 0 aromatic carbocycles. The summed E-state index contributed by atoms with van der Waals surface area (Å²) in [4.78, 5) is 0. The number of nitrogens with one attached hydrogen (secondary N) is 1. The average molecular weight is 225 g/mol.